The normalized spacial score (nSPS) is 17.2. The van der Waals surface area contributed by atoms with E-state index in [2.05, 4.69) is 0 Å². The molecule has 0 unspecified atom stereocenters. The van der Waals surface area contributed by atoms with Crippen molar-refractivity contribution in [3.05, 3.63) is 28.0 Å². The van der Waals surface area contributed by atoms with Crippen LogP contribution in [0.3, 0.4) is 0 Å². The lowest BCUT2D eigenvalue weighted by Gasteiger charge is -2.15. The van der Waals surface area contributed by atoms with E-state index in [9.17, 15) is 14.3 Å². The van der Waals surface area contributed by atoms with Gasteiger partial charge < -0.3 is 10.2 Å². The predicted octanol–water partition coefficient (Wildman–Crippen LogP) is 2.61. The minimum absolute atomic E-state index is 0.0126. The summed E-state index contributed by atoms with van der Waals surface area (Å²) in [6.45, 7) is 1.49. The van der Waals surface area contributed by atoms with E-state index in [0.717, 1.165) is 0 Å². The summed E-state index contributed by atoms with van der Waals surface area (Å²) in [6, 6.07) is 1.29. The fraction of sp³-hybridized carbons (Fsp3) is 0.364. The summed E-state index contributed by atoms with van der Waals surface area (Å²) in [6.07, 6.45) is 0.652. The van der Waals surface area contributed by atoms with Crippen molar-refractivity contribution in [1.82, 2.24) is 0 Å². The highest BCUT2D eigenvalue weighted by Crippen LogP contribution is 2.54. The Bertz CT molecular complexity index is 454. The van der Waals surface area contributed by atoms with Crippen molar-refractivity contribution >= 4 is 17.6 Å². The van der Waals surface area contributed by atoms with Crippen molar-refractivity contribution in [2.75, 3.05) is 0 Å². The van der Waals surface area contributed by atoms with E-state index in [1.807, 2.05) is 0 Å². The zero-order valence-corrected chi connectivity index (χ0v) is 9.31. The van der Waals surface area contributed by atoms with Crippen molar-refractivity contribution in [3.8, 4) is 5.75 Å². The van der Waals surface area contributed by atoms with Crippen LogP contribution in [-0.2, 0) is 10.2 Å². The first-order valence-electron chi connectivity index (χ1n) is 4.81. The summed E-state index contributed by atoms with van der Waals surface area (Å²) in [4.78, 5) is 11.1. The maximum atomic E-state index is 13.9. The molecular weight excluding hydrogens is 235 g/mol. The van der Waals surface area contributed by atoms with Crippen molar-refractivity contribution in [2.45, 2.75) is 25.2 Å². The number of benzene rings is 1. The van der Waals surface area contributed by atoms with Crippen LogP contribution in [0.2, 0.25) is 5.02 Å². The Morgan fingerprint density at radius 3 is 2.56 bits per heavy atom. The molecule has 5 heteroatoms. The first-order valence-corrected chi connectivity index (χ1v) is 5.19. The fourth-order valence-electron chi connectivity index (χ4n) is 1.87. The molecule has 1 saturated carbocycles. The van der Waals surface area contributed by atoms with Crippen LogP contribution in [0.25, 0.3) is 0 Å². The lowest BCUT2D eigenvalue weighted by atomic mass is 9.93. The van der Waals surface area contributed by atoms with Crippen LogP contribution in [0.1, 0.15) is 24.0 Å². The van der Waals surface area contributed by atoms with E-state index in [0.29, 0.717) is 12.8 Å². The summed E-state index contributed by atoms with van der Waals surface area (Å²) >= 11 is 5.72. The van der Waals surface area contributed by atoms with Gasteiger partial charge in [-0.05, 0) is 31.4 Å². The predicted molar refractivity (Wildman–Crippen MR) is 56.4 cm³/mol. The second-order valence-electron chi connectivity index (χ2n) is 4.10. The van der Waals surface area contributed by atoms with Gasteiger partial charge in [0.25, 0.3) is 0 Å². The van der Waals surface area contributed by atoms with Crippen LogP contribution in [-0.4, -0.2) is 16.2 Å². The quantitative estimate of drug-likeness (QED) is 0.841. The smallest absolute Gasteiger partial charge is 0.314 e. The molecule has 2 rings (SSSR count). The Balaban J connectivity index is 2.70. The molecule has 0 atom stereocenters. The van der Waals surface area contributed by atoms with Gasteiger partial charge >= 0.3 is 5.97 Å². The Morgan fingerprint density at radius 1 is 1.56 bits per heavy atom. The molecule has 1 aromatic carbocycles. The number of carboxylic acid groups (broad SMARTS) is 1. The molecule has 0 bridgehead atoms. The van der Waals surface area contributed by atoms with Crippen LogP contribution in [0, 0.1) is 12.7 Å². The molecule has 0 aromatic heterocycles. The zero-order chi connectivity index (χ0) is 12.1. The molecule has 1 aliphatic rings. The Hall–Kier alpha value is -1.29. The number of halogens is 2. The molecule has 2 N–H and O–H groups in total. The largest absolute Gasteiger partial charge is 0.506 e. The standard InChI is InChI=1S/C11H10ClFO3/c1-5-4-6(12)9(14)7(8(5)13)11(2-3-11)10(15)16/h4,14H,2-3H2,1H3,(H,15,16). The van der Waals surface area contributed by atoms with Gasteiger partial charge in [0, 0.05) is 5.56 Å². The van der Waals surface area contributed by atoms with Gasteiger partial charge in [-0.15, -0.1) is 0 Å². The molecule has 1 fully saturated rings. The number of aromatic hydroxyl groups is 1. The van der Waals surface area contributed by atoms with Crippen molar-refractivity contribution in [1.29, 1.82) is 0 Å². The maximum Gasteiger partial charge on any atom is 0.314 e. The second-order valence-corrected chi connectivity index (χ2v) is 4.51. The molecule has 0 spiro atoms. The topological polar surface area (TPSA) is 57.5 Å². The molecular formula is C11H10ClFO3. The van der Waals surface area contributed by atoms with Gasteiger partial charge in [0.05, 0.1) is 10.4 Å². The molecule has 3 nitrogen and oxygen atoms in total. The van der Waals surface area contributed by atoms with Gasteiger partial charge in [-0.1, -0.05) is 11.6 Å². The molecule has 0 saturated heterocycles. The van der Waals surface area contributed by atoms with Gasteiger partial charge in [0.15, 0.2) is 0 Å². The van der Waals surface area contributed by atoms with E-state index in [1.165, 1.54) is 13.0 Å². The molecule has 0 aliphatic heterocycles. The molecule has 0 amide bonds. The van der Waals surface area contributed by atoms with Gasteiger partial charge in [-0.3, -0.25) is 4.79 Å². The van der Waals surface area contributed by atoms with Gasteiger partial charge in [0.1, 0.15) is 11.6 Å². The highest BCUT2D eigenvalue weighted by atomic mass is 35.5. The number of hydrogen-bond donors (Lipinski definition) is 2. The number of phenolic OH excluding ortho intramolecular Hbond substituents is 1. The summed E-state index contributed by atoms with van der Waals surface area (Å²) in [5.74, 6) is -2.25. The van der Waals surface area contributed by atoms with E-state index in [1.54, 1.807) is 0 Å². The van der Waals surface area contributed by atoms with Crippen molar-refractivity contribution in [2.24, 2.45) is 0 Å². The lowest BCUT2D eigenvalue weighted by Crippen LogP contribution is -2.21. The van der Waals surface area contributed by atoms with Gasteiger partial charge in [0.2, 0.25) is 0 Å². The molecule has 1 aliphatic carbocycles. The minimum atomic E-state index is -1.29. The lowest BCUT2D eigenvalue weighted by molar-refractivity contribution is -0.140. The Labute approximate surface area is 96.5 Å². The molecule has 0 radical (unpaired) electrons. The second kappa shape index (κ2) is 3.35. The molecule has 86 valence electrons. The van der Waals surface area contributed by atoms with Crippen LogP contribution >= 0.6 is 11.6 Å². The minimum Gasteiger partial charge on any atom is -0.506 e. The SMILES string of the molecule is Cc1cc(Cl)c(O)c(C2(C(=O)O)CC2)c1F. The number of carboxylic acids is 1. The third-order valence-electron chi connectivity index (χ3n) is 3.01. The van der Waals surface area contributed by atoms with Gasteiger partial charge in [-0.25, -0.2) is 4.39 Å². The summed E-state index contributed by atoms with van der Waals surface area (Å²) in [5, 5.41) is 18.7. The third kappa shape index (κ3) is 1.37. The molecule has 16 heavy (non-hydrogen) atoms. The Kier molecular flexibility index (Phi) is 2.35. The van der Waals surface area contributed by atoms with Crippen LogP contribution in [0.4, 0.5) is 4.39 Å². The van der Waals surface area contributed by atoms with Crippen molar-refractivity contribution in [3.63, 3.8) is 0 Å². The van der Waals surface area contributed by atoms with Crippen LogP contribution in [0.5, 0.6) is 5.75 Å². The average Bonchev–Trinajstić information content (AvgIpc) is 2.97. The van der Waals surface area contributed by atoms with E-state index in [-0.39, 0.29) is 16.1 Å². The first kappa shape index (κ1) is 11.2. The number of hydrogen-bond acceptors (Lipinski definition) is 2. The number of aliphatic carboxylic acids is 1. The highest BCUT2D eigenvalue weighted by Gasteiger charge is 2.55. The molecule has 1 aromatic rings. The zero-order valence-electron chi connectivity index (χ0n) is 8.55. The van der Waals surface area contributed by atoms with Gasteiger partial charge in [-0.2, -0.15) is 0 Å². The summed E-state index contributed by atoms with van der Waals surface area (Å²) in [5.41, 5.74) is -1.22. The summed E-state index contributed by atoms with van der Waals surface area (Å²) in [7, 11) is 0. The monoisotopic (exact) mass is 244 g/mol. The molecule has 0 heterocycles. The van der Waals surface area contributed by atoms with Crippen LogP contribution < -0.4 is 0 Å². The fourth-order valence-corrected chi connectivity index (χ4v) is 2.13. The first-order chi connectivity index (χ1) is 7.40. The Morgan fingerprint density at radius 2 is 2.12 bits per heavy atom. The summed E-state index contributed by atoms with van der Waals surface area (Å²) < 4.78 is 13.9. The van der Waals surface area contributed by atoms with Crippen molar-refractivity contribution < 1.29 is 19.4 Å². The number of rotatable bonds is 2. The van der Waals surface area contributed by atoms with E-state index in [4.69, 9.17) is 16.7 Å². The van der Waals surface area contributed by atoms with E-state index >= 15 is 0 Å². The van der Waals surface area contributed by atoms with Crippen LogP contribution in [0.15, 0.2) is 6.07 Å². The maximum absolute atomic E-state index is 13.9. The average molecular weight is 245 g/mol. The third-order valence-corrected chi connectivity index (χ3v) is 3.30. The highest BCUT2D eigenvalue weighted by molar-refractivity contribution is 6.32. The number of carbonyl (C=O) groups is 1. The number of aryl methyl sites for hydroxylation is 1. The van der Waals surface area contributed by atoms with E-state index < -0.39 is 23.0 Å². The number of phenols is 1.